The summed E-state index contributed by atoms with van der Waals surface area (Å²) in [6, 6.07) is 20.6. The Labute approximate surface area is 236 Å². The van der Waals surface area contributed by atoms with Crippen LogP contribution in [-0.4, -0.2) is 12.2 Å². The number of fused-ring (bicyclic) bond motifs is 4. The van der Waals surface area contributed by atoms with Gasteiger partial charge in [-0.05, 0) is 83.1 Å². The number of nitrogens with one attached hydrogen (secondary N) is 1. The van der Waals surface area contributed by atoms with Crippen LogP contribution in [0.5, 0.6) is 0 Å². The lowest BCUT2D eigenvalue weighted by molar-refractivity contribution is -0.0174. The highest BCUT2D eigenvalue weighted by molar-refractivity contribution is 7.54. The molecule has 0 saturated heterocycles. The van der Waals surface area contributed by atoms with Gasteiger partial charge in [-0.15, -0.1) is 0 Å². The maximum Gasteiger partial charge on any atom is 0.352 e. The van der Waals surface area contributed by atoms with Crippen LogP contribution in [0.1, 0.15) is 97.0 Å². The lowest BCUT2D eigenvalue weighted by Crippen LogP contribution is -2.40. The normalized spacial score (nSPS) is 38.1. The van der Waals surface area contributed by atoms with E-state index in [1.807, 2.05) is 24.3 Å². The van der Waals surface area contributed by atoms with Crippen LogP contribution in [0.15, 0.2) is 60.7 Å². The van der Waals surface area contributed by atoms with Crippen LogP contribution in [0.2, 0.25) is 0 Å². The van der Waals surface area contributed by atoms with Gasteiger partial charge in [0.05, 0.1) is 12.2 Å². The molecule has 8 atom stereocenters. The first-order chi connectivity index (χ1) is 18.4. The zero-order chi connectivity index (χ0) is 27.7. The highest BCUT2D eigenvalue weighted by atomic mass is 31.2. The zero-order valence-corrected chi connectivity index (χ0v) is 25.7. The molecule has 4 fully saturated rings. The average molecular weight is 550 g/mol. The first-order valence-electron chi connectivity index (χ1n) is 15.2. The van der Waals surface area contributed by atoms with Gasteiger partial charge in [-0.3, -0.25) is 9.88 Å². The van der Waals surface area contributed by atoms with Crippen molar-refractivity contribution < 1.29 is 13.6 Å². The quantitative estimate of drug-likeness (QED) is 0.317. The van der Waals surface area contributed by atoms with Crippen molar-refractivity contribution in [1.82, 2.24) is 5.32 Å². The minimum atomic E-state index is -3.66. The molecule has 2 aromatic rings. The van der Waals surface area contributed by atoms with E-state index in [9.17, 15) is 0 Å². The van der Waals surface area contributed by atoms with E-state index in [1.54, 1.807) is 0 Å². The van der Waals surface area contributed by atoms with Gasteiger partial charge in [0, 0.05) is 6.54 Å². The minimum absolute atomic E-state index is 0.00475. The molecule has 6 rings (SSSR count). The predicted octanol–water partition coefficient (Wildman–Crippen LogP) is 9.13. The van der Waals surface area contributed by atoms with Crippen molar-refractivity contribution >= 4 is 7.60 Å². The average Bonchev–Trinajstić information content (AvgIpc) is 3.42. The third-order valence-electron chi connectivity index (χ3n) is 12.8. The third-order valence-corrected chi connectivity index (χ3v) is 15.0. The molecule has 1 N–H and O–H groups in total. The van der Waals surface area contributed by atoms with Crippen molar-refractivity contribution in [3.63, 3.8) is 0 Å². The molecule has 0 aromatic heterocycles. The summed E-state index contributed by atoms with van der Waals surface area (Å²) < 4.78 is 29.7. The molecule has 212 valence electrons. The Morgan fingerprint density at radius 2 is 1.23 bits per heavy atom. The summed E-state index contributed by atoms with van der Waals surface area (Å²) in [7, 11) is -3.66. The second-order valence-corrected chi connectivity index (χ2v) is 16.6. The maximum atomic E-state index is 15.6. The molecule has 4 aliphatic carbocycles. The number of rotatable bonds is 9. The highest BCUT2D eigenvalue weighted by Gasteiger charge is 2.66. The van der Waals surface area contributed by atoms with E-state index >= 15 is 4.57 Å². The van der Waals surface area contributed by atoms with Crippen LogP contribution in [0.3, 0.4) is 0 Å². The zero-order valence-electron chi connectivity index (χ0n) is 24.8. The Balaban J connectivity index is 1.38. The summed E-state index contributed by atoms with van der Waals surface area (Å²) in [4.78, 5) is 0. The SMILES string of the molecule is CC1(C)[C@@H]2CC[C@@]1(C)[C@@H](OP(=O)(O[C@@H]1C[C@H]3CC[C@]1(C)C3(C)C)[C@H](NCc1ccccc1)c1ccccc1)C2. The van der Waals surface area contributed by atoms with Gasteiger partial charge >= 0.3 is 7.60 Å². The van der Waals surface area contributed by atoms with E-state index in [0.29, 0.717) is 18.4 Å². The third kappa shape index (κ3) is 4.23. The van der Waals surface area contributed by atoms with Crippen LogP contribution >= 0.6 is 7.60 Å². The van der Waals surface area contributed by atoms with E-state index in [2.05, 4.69) is 83.3 Å². The molecule has 4 saturated carbocycles. The second-order valence-electron chi connectivity index (χ2n) is 14.6. The van der Waals surface area contributed by atoms with Gasteiger partial charge in [0.1, 0.15) is 5.78 Å². The first-order valence-corrected chi connectivity index (χ1v) is 16.8. The molecule has 0 spiro atoms. The molecule has 1 unspecified atom stereocenters. The van der Waals surface area contributed by atoms with Crippen LogP contribution in [-0.2, 0) is 20.2 Å². The van der Waals surface area contributed by atoms with Crippen molar-refractivity contribution in [3.05, 3.63) is 71.8 Å². The molecule has 0 aliphatic heterocycles. The van der Waals surface area contributed by atoms with Gasteiger partial charge in [-0.2, -0.15) is 0 Å². The standard InChI is InChI=1S/C34H48NO3P/c1-31(2)26-17-19-33(31,5)28(21-26)37-39(36,38-29-22-27-18-20-34(29,6)32(27,3)4)30(25-15-11-8-12-16-25)35-23-24-13-9-7-10-14-24/h7-16,26-30,35H,17-23H2,1-6H3/t26-,27-,28-,29+,30+,33+,34+,39?/m1/s1. The smallest absolute Gasteiger partial charge is 0.303 e. The van der Waals surface area contributed by atoms with Gasteiger partial charge < -0.3 is 9.05 Å². The molecule has 39 heavy (non-hydrogen) atoms. The Morgan fingerprint density at radius 3 is 1.64 bits per heavy atom. The van der Waals surface area contributed by atoms with Crippen LogP contribution in [0.4, 0.5) is 0 Å². The topological polar surface area (TPSA) is 47.6 Å². The lowest BCUT2D eigenvalue weighted by atomic mass is 9.70. The van der Waals surface area contributed by atoms with Crippen molar-refractivity contribution in [2.75, 3.05) is 0 Å². The fourth-order valence-corrected chi connectivity index (χ4v) is 11.4. The van der Waals surface area contributed by atoms with Gasteiger partial charge in [-0.1, -0.05) is 102 Å². The van der Waals surface area contributed by atoms with Gasteiger partial charge in [0.15, 0.2) is 0 Å². The van der Waals surface area contributed by atoms with Gasteiger partial charge in [0.25, 0.3) is 0 Å². The van der Waals surface area contributed by atoms with Crippen molar-refractivity contribution in [2.24, 2.45) is 33.5 Å². The molecule has 5 heteroatoms. The summed E-state index contributed by atoms with van der Waals surface area (Å²) in [6.45, 7) is 14.9. The minimum Gasteiger partial charge on any atom is -0.303 e. The summed E-state index contributed by atoms with van der Waals surface area (Å²) in [6.07, 6.45) is 6.51. The monoisotopic (exact) mass is 549 g/mol. The molecule has 0 heterocycles. The van der Waals surface area contributed by atoms with Crippen LogP contribution in [0, 0.1) is 33.5 Å². The largest absolute Gasteiger partial charge is 0.352 e. The number of hydrogen-bond acceptors (Lipinski definition) is 4. The van der Waals surface area contributed by atoms with Crippen LogP contribution in [0.25, 0.3) is 0 Å². The molecule has 4 nitrogen and oxygen atoms in total. The van der Waals surface area contributed by atoms with Crippen molar-refractivity contribution in [1.29, 1.82) is 0 Å². The Morgan fingerprint density at radius 1 is 0.769 bits per heavy atom. The van der Waals surface area contributed by atoms with E-state index in [0.717, 1.165) is 36.8 Å². The second kappa shape index (κ2) is 9.55. The van der Waals surface area contributed by atoms with E-state index in [1.165, 1.54) is 12.8 Å². The fourth-order valence-electron chi connectivity index (χ4n) is 8.94. The summed E-state index contributed by atoms with van der Waals surface area (Å²) in [5, 5.41) is 3.68. The van der Waals surface area contributed by atoms with Gasteiger partial charge in [-0.25, -0.2) is 0 Å². The molecule has 4 aliphatic rings. The van der Waals surface area contributed by atoms with Gasteiger partial charge in [0.2, 0.25) is 0 Å². The Kier molecular flexibility index (Phi) is 6.78. The van der Waals surface area contributed by atoms with Crippen molar-refractivity contribution in [2.45, 2.75) is 105 Å². The Hall–Kier alpha value is -1.45. The summed E-state index contributed by atoms with van der Waals surface area (Å²) in [5.41, 5.74) is 2.46. The molecular weight excluding hydrogens is 501 g/mol. The van der Waals surface area contributed by atoms with E-state index in [4.69, 9.17) is 9.05 Å². The molecule has 0 radical (unpaired) electrons. The first kappa shape index (κ1) is 27.7. The summed E-state index contributed by atoms with van der Waals surface area (Å²) in [5.74, 6) is 0.676. The predicted molar refractivity (Wildman–Crippen MR) is 158 cm³/mol. The maximum absolute atomic E-state index is 15.6. The fraction of sp³-hybridized carbons (Fsp3) is 0.647. The lowest BCUT2D eigenvalue weighted by Gasteiger charge is -2.44. The Bertz CT molecular complexity index is 1180. The number of hydrogen-bond donors (Lipinski definition) is 1. The molecule has 4 bridgehead atoms. The molecular formula is C34H48NO3P. The number of benzene rings is 2. The molecule has 0 amide bonds. The van der Waals surface area contributed by atoms with Crippen molar-refractivity contribution in [3.8, 4) is 0 Å². The molecule has 2 aromatic carbocycles. The highest BCUT2D eigenvalue weighted by Crippen LogP contribution is 2.74. The van der Waals surface area contributed by atoms with Crippen LogP contribution < -0.4 is 5.32 Å². The van der Waals surface area contributed by atoms with E-state index < -0.39 is 13.4 Å². The van der Waals surface area contributed by atoms with E-state index in [-0.39, 0.29) is 33.9 Å². The summed E-state index contributed by atoms with van der Waals surface area (Å²) >= 11 is 0.